The number of para-hydroxylation sites is 1. The third kappa shape index (κ3) is 3.13. The normalized spacial score (nSPS) is 18.2. The maximum Gasteiger partial charge on any atom is 0.291 e. The van der Waals surface area contributed by atoms with E-state index in [-0.39, 0.29) is 48.8 Å². The van der Waals surface area contributed by atoms with Crippen LogP contribution in [0.2, 0.25) is 0 Å². The fourth-order valence-corrected chi connectivity index (χ4v) is 5.70. The summed E-state index contributed by atoms with van der Waals surface area (Å²) in [5.41, 5.74) is 2.30. The Hall–Kier alpha value is -4.23. The first-order valence-electron chi connectivity index (χ1n) is 12.4. The van der Waals surface area contributed by atoms with Crippen molar-refractivity contribution in [2.24, 2.45) is 0 Å². The molecule has 0 aliphatic carbocycles. The number of rotatable bonds is 5. The van der Waals surface area contributed by atoms with Gasteiger partial charge in [-0.05, 0) is 55.2 Å². The monoisotopic (exact) mass is 494 g/mol. The van der Waals surface area contributed by atoms with Gasteiger partial charge in [-0.1, -0.05) is 48.5 Å². The van der Waals surface area contributed by atoms with E-state index in [9.17, 15) is 19.5 Å². The molecule has 3 heterocycles. The lowest BCUT2D eigenvalue weighted by molar-refractivity contribution is -0.126. The molecule has 3 aromatic carbocycles. The van der Waals surface area contributed by atoms with Crippen LogP contribution in [0, 0.1) is 13.8 Å². The number of fused-ring (bicyclic) bond motifs is 5. The molecule has 0 bridgehead atoms. The number of benzene rings is 3. The van der Waals surface area contributed by atoms with Gasteiger partial charge in [0.25, 0.3) is 11.8 Å². The molecule has 0 saturated carbocycles. The predicted molar refractivity (Wildman–Crippen MR) is 140 cm³/mol. The van der Waals surface area contributed by atoms with E-state index in [1.54, 1.807) is 23.1 Å². The molecule has 0 saturated heterocycles. The number of hydrogen-bond acceptors (Lipinski definition) is 5. The van der Waals surface area contributed by atoms with Crippen molar-refractivity contribution < 1.29 is 19.1 Å². The van der Waals surface area contributed by atoms with Gasteiger partial charge in [0.15, 0.2) is 11.0 Å². The van der Waals surface area contributed by atoms with E-state index in [0.717, 1.165) is 16.7 Å². The molecule has 0 radical (unpaired) electrons. The summed E-state index contributed by atoms with van der Waals surface area (Å²) in [7, 11) is 0. The summed E-state index contributed by atoms with van der Waals surface area (Å²) >= 11 is 0. The Morgan fingerprint density at radius 3 is 2.38 bits per heavy atom. The molecule has 7 nitrogen and oxygen atoms in total. The van der Waals surface area contributed by atoms with Gasteiger partial charge in [-0.2, -0.15) is 0 Å². The first-order chi connectivity index (χ1) is 17.9. The minimum absolute atomic E-state index is 0.0548. The molecule has 1 spiro atoms. The van der Waals surface area contributed by atoms with Gasteiger partial charge in [0.2, 0.25) is 5.76 Å². The maximum absolute atomic E-state index is 14.6. The number of amides is 2. The van der Waals surface area contributed by atoms with Crippen LogP contribution >= 0.6 is 0 Å². The highest BCUT2D eigenvalue weighted by Crippen LogP contribution is 2.52. The fraction of sp³-hybridized carbons (Fsp3) is 0.233. The number of aliphatic hydroxyl groups is 1. The molecular formula is C30H26N2O5. The van der Waals surface area contributed by atoms with Crippen molar-refractivity contribution in [3.63, 3.8) is 0 Å². The smallest absolute Gasteiger partial charge is 0.291 e. The highest BCUT2D eigenvalue weighted by atomic mass is 16.3. The third-order valence-corrected chi connectivity index (χ3v) is 7.58. The van der Waals surface area contributed by atoms with Crippen LogP contribution in [0.5, 0.6) is 0 Å². The summed E-state index contributed by atoms with van der Waals surface area (Å²) in [4.78, 5) is 45.7. The van der Waals surface area contributed by atoms with E-state index in [1.807, 2.05) is 62.4 Å². The maximum atomic E-state index is 14.6. The number of carbonyl (C=O) groups is 2. The zero-order valence-corrected chi connectivity index (χ0v) is 20.7. The van der Waals surface area contributed by atoms with E-state index in [4.69, 9.17) is 4.42 Å². The Labute approximate surface area is 213 Å². The van der Waals surface area contributed by atoms with Crippen LogP contribution < -0.4 is 10.3 Å². The van der Waals surface area contributed by atoms with Crippen LogP contribution in [0.3, 0.4) is 0 Å². The summed E-state index contributed by atoms with van der Waals surface area (Å²) < 4.78 is 6.12. The zero-order valence-electron chi connectivity index (χ0n) is 20.7. The highest BCUT2D eigenvalue weighted by Gasteiger charge is 2.64. The molecule has 1 N–H and O–H groups in total. The summed E-state index contributed by atoms with van der Waals surface area (Å²) in [5.74, 6) is -1.01. The van der Waals surface area contributed by atoms with Crippen LogP contribution in [0.25, 0.3) is 11.0 Å². The summed E-state index contributed by atoms with van der Waals surface area (Å²) in [5, 5.41) is 9.96. The largest absolute Gasteiger partial charge is 0.450 e. The average Bonchev–Trinajstić information content (AvgIpc) is 3.29. The number of anilines is 1. The number of hydrogen-bond donors (Lipinski definition) is 1. The van der Waals surface area contributed by atoms with E-state index >= 15 is 0 Å². The topological polar surface area (TPSA) is 91.1 Å². The van der Waals surface area contributed by atoms with Crippen molar-refractivity contribution in [1.82, 2.24) is 4.90 Å². The van der Waals surface area contributed by atoms with E-state index < -0.39 is 11.4 Å². The van der Waals surface area contributed by atoms with Gasteiger partial charge in [-0.15, -0.1) is 0 Å². The Kier molecular flexibility index (Phi) is 5.28. The standard InChI is InChI=1S/C30H26N2O5/c1-18-15-21-24(16-19(18)2)37-27-25(26(21)34)30(32(28(27)35)13-8-14-33)22-11-6-7-12-23(22)31(29(30)36)17-20-9-4-3-5-10-20/h3-7,9-12,15-16,33H,8,13-14,17H2,1-2H3. The molecule has 186 valence electrons. The molecule has 2 aliphatic heterocycles. The third-order valence-electron chi connectivity index (χ3n) is 7.58. The molecule has 6 rings (SSSR count). The summed E-state index contributed by atoms with van der Waals surface area (Å²) in [6.45, 7) is 4.03. The van der Waals surface area contributed by atoms with Crippen molar-refractivity contribution in [1.29, 1.82) is 0 Å². The first-order valence-corrected chi connectivity index (χ1v) is 12.4. The molecule has 1 atom stereocenters. The summed E-state index contributed by atoms with van der Waals surface area (Å²) in [6.07, 6.45) is 0.252. The minimum atomic E-state index is -1.67. The van der Waals surface area contributed by atoms with Crippen molar-refractivity contribution in [3.8, 4) is 0 Å². The summed E-state index contributed by atoms with van der Waals surface area (Å²) in [6, 6.07) is 20.4. The second-order valence-corrected chi connectivity index (χ2v) is 9.71. The van der Waals surface area contributed by atoms with Gasteiger partial charge in [0, 0.05) is 18.7 Å². The van der Waals surface area contributed by atoms with Crippen molar-refractivity contribution >= 4 is 28.5 Å². The molecule has 2 aliphatic rings. The number of aryl methyl sites for hydroxylation is 2. The minimum Gasteiger partial charge on any atom is -0.450 e. The molecule has 2 amide bonds. The average molecular weight is 495 g/mol. The quantitative estimate of drug-likeness (QED) is 0.452. The van der Waals surface area contributed by atoms with Gasteiger partial charge in [-0.3, -0.25) is 14.4 Å². The second kappa shape index (κ2) is 8.42. The molecule has 1 unspecified atom stereocenters. The molecule has 37 heavy (non-hydrogen) atoms. The Morgan fingerprint density at radius 2 is 1.62 bits per heavy atom. The molecule has 1 aromatic heterocycles. The first kappa shape index (κ1) is 23.2. The lowest BCUT2D eigenvalue weighted by Gasteiger charge is -2.34. The van der Waals surface area contributed by atoms with Crippen LogP contribution in [-0.2, 0) is 16.9 Å². The molecular weight excluding hydrogens is 468 g/mol. The van der Waals surface area contributed by atoms with Crippen molar-refractivity contribution in [2.45, 2.75) is 32.4 Å². The van der Waals surface area contributed by atoms with Crippen LogP contribution in [0.15, 0.2) is 75.9 Å². The van der Waals surface area contributed by atoms with Crippen molar-refractivity contribution in [3.05, 3.63) is 111 Å². The number of carbonyl (C=O) groups excluding carboxylic acids is 2. The van der Waals surface area contributed by atoms with Gasteiger partial charge < -0.3 is 19.3 Å². The van der Waals surface area contributed by atoms with Gasteiger partial charge in [0.1, 0.15) is 5.58 Å². The van der Waals surface area contributed by atoms with E-state index in [1.165, 1.54) is 4.90 Å². The lowest BCUT2D eigenvalue weighted by atomic mass is 9.83. The van der Waals surface area contributed by atoms with E-state index in [0.29, 0.717) is 22.2 Å². The van der Waals surface area contributed by atoms with Gasteiger partial charge in [0.05, 0.1) is 23.2 Å². The van der Waals surface area contributed by atoms with Gasteiger partial charge >= 0.3 is 0 Å². The van der Waals surface area contributed by atoms with Gasteiger partial charge in [-0.25, -0.2) is 0 Å². The Balaban J connectivity index is 1.66. The second-order valence-electron chi connectivity index (χ2n) is 9.71. The zero-order chi connectivity index (χ0) is 25.9. The van der Waals surface area contributed by atoms with Crippen LogP contribution in [0.1, 0.15) is 44.8 Å². The van der Waals surface area contributed by atoms with Crippen LogP contribution in [-0.4, -0.2) is 35.0 Å². The Bertz CT molecular complexity index is 1640. The Morgan fingerprint density at radius 1 is 0.919 bits per heavy atom. The van der Waals surface area contributed by atoms with Crippen LogP contribution in [0.4, 0.5) is 5.69 Å². The highest BCUT2D eigenvalue weighted by molar-refractivity contribution is 6.17. The SMILES string of the molecule is Cc1cc2oc3c(c(=O)c2cc1C)C1(C(=O)N(Cc2ccccc2)c2ccccc21)N(CCCO)C3=O. The number of nitrogens with zero attached hydrogens (tertiary/aromatic N) is 2. The number of aliphatic hydroxyl groups excluding tert-OH is 1. The molecule has 4 aromatic rings. The van der Waals surface area contributed by atoms with E-state index in [2.05, 4.69) is 0 Å². The molecule has 7 heteroatoms. The predicted octanol–water partition coefficient (Wildman–Crippen LogP) is 4.04. The fourth-order valence-electron chi connectivity index (χ4n) is 5.70. The lowest BCUT2D eigenvalue weighted by Crippen LogP contribution is -2.53. The molecule has 0 fully saturated rings. The van der Waals surface area contributed by atoms with Crippen molar-refractivity contribution in [2.75, 3.05) is 18.1 Å².